The predicted molar refractivity (Wildman–Crippen MR) is 112 cm³/mol. The van der Waals surface area contributed by atoms with Gasteiger partial charge in [-0.1, -0.05) is 49.3 Å². The average molecular weight is 408 g/mol. The molecule has 0 amide bonds. The minimum Gasteiger partial charge on any atom is -0.487 e. The van der Waals surface area contributed by atoms with Crippen LogP contribution in [0.1, 0.15) is 30.9 Å². The second-order valence-electron chi connectivity index (χ2n) is 7.03. The van der Waals surface area contributed by atoms with Crippen molar-refractivity contribution in [1.82, 2.24) is 4.98 Å². The minimum atomic E-state index is -1.08. The number of oxime groups is 1. The van der Waals surface area contributed by atoms with Gasteiger partial charge in [0.15, 0.2) is 5.71 Å². The first-order valence-electron chi connectivity index (χ1n) is 9.60. The van der Waals surface area contributed by atoms with Gasteiger partial charge in [-0.05, 0) is 36.8 Å². The van der Waals surface area contributed by atoms with Gasteiger partial charge < -0.3 is 19.1 Å². The van der Waals surface area contributed by atoms with Crippen molar-refractivity contribution in [3.05, 3.63) is 71.6 Å². The summed E-state index contributed by atoms with van der Waals surface area (Å²) in [5.41, 5.74) is 2.50. The van der Waals surface area contributed by atoms with E-state index in [1.165, 1.54) is 0 Å². The molecular weight excluding hydrogens is 384 g/mol. The lowest BCUT2D eigenvalue weighted by atomic mass is 10.1. The SMILES string of the molecule is Cc1oc(-c2ccccc2)nc1COc1ccc(CO/N=C(/C(=O)O)C(C)C)cc1. The first-order valence-corrected chi connectivity index (χ1v) is 9.60. The molecule has 0 spiro atoms. The number of carboxylic acids is 1. The number of aliphatic carboxylic acids is 1. The van der Waals surface area contributed by atoms with Crippen LogP contribution in [-0.4, -0.2) is 21.8 Å². The molecule has 0 atom stereocenters. The number of oxazole rings is 1. The second-order valence-corrected chi connectivity index (χ2v) is 7.03. The van der Waals surface area contributed by atoms with Crippen molar-refractivity contribution < 1.29 is 23.9 Å². The van der Waals surface area contributed by atoms with E-state index in [0.29, 0.717) is 18.2 Å². The zero-order valence-electron chi connectivity index (χ0n) is 17.2. The number of aryl methyl sites for hydroxylation is 1. The van der Waals surface area contributed by atoms with Gasteiger partial charge in [0.05, 0.1) is 0 Å². The number of hydrogen-bond donors (Lipinski definition) is 1. The van der Waals surface area contributed by atoms with E-state index in [9.17, 15) is 4.79 Å². The first kappa shape index (κ1) is 21.1. The molecule has 1 heterocycles. The molecule has 1 aromatic heterocycles. The van der Waals surface area contributed by atoms with Gasteiger partial charge in [-0.25, -0.2) is 9.78 Å². The third kappa shape index (κ3) is 5.47. The van der Waals surface area contributed by atoms with Crippen molar-refractivity contribution in [2.45, 2.75) is 34.0 Å². The number of nitrogens with zero attached hydrogens (tertiary/aromatic N) is 2. The number of carbonyl (C=O) groups is 1. The summed E-state index contributed by atoms with van der Waals surface area (Å²) in [6.07, 6.45) is 0. The van der Waals surface area contributed by atoms with Crippen LogP contribution in [0.25, 0.3) is 11.5 Å². The lowest BCUT2D eigenvalue weighted by Gasteiger charge is -2.07. The largest absolute Gasteiger partial charge is 0.487 e. The van der Waals surface area contributed by atoms with Crippen LogP contribution < -0.4 is 4.74 Å². The lowest BCUT2D eigenvalue weighted by molar-refractivity contribution is -0.129. The van der Waals surface area contributed by atoms with E-state index in [4.69, 9.17) is 19.1 Å². The Kier molecular flexibility index (Phi) is 6.85. The van der Waals surface area contributed by atoms with Crippen LogP contribution in [0.4, 0.5) is 0 Å². The third-order valence-corrected chi connectivity index (χ3v) is 4.37. The Morgan fingerprint density at radius 3 is 2.43 bits per heavy atom. The summed E-state index contributed by atoms with van der Waals surface area (Å²) in [7, 11) is 0. The normalized spacial score (nSPS) is 11.5. The highest BCUT2D eigenvalue weighted by atomic mass is 16.6. The number of ether oxygens (including phenoxy) is 1. The molecule has 0 radical (unpaired) electrons. The van der Waals surface area contributed by atoms with Crippen LogP contribution >= 0.6 is 0 Å². The minimum absolute atomic E-state index is 0.00666. The first-order chi connectivity index (χ1) is 14.4. The number of rotatable bonds is 9. The monoisotopic (exact) mass is 408 g/mol. The van der Waals surface area contributed by atoms with E-state index >= 15 is 0 Å². The van der Waals surface area contributed by atoms with Crippen LogP contribution in [0.5, 0.6) is 5.75 Å². The molecule has 0 aliphatic rings. The van der Waals surface area contributed by atoms with Crippen molar-refractivity contribution in [2.24, 2.45) is 11.1 Å². The highest BCUT2D eigenvalue weighted by molar-refractivity contribution is 6.36. The fraction of sp³-hybridized carbons (Fsp3) is 0.261. The Balaban J connectivity index is 1.56. The molecule has 0 saturated carbocycles. The van der Waals surface area contributed by atoms with Gasteiger partial charge in [-0.15, -0.1) is 0 Å². The summed E-state index contributed by atoms with van der Waals surface area (Å²) in [6, 6.07) is 17.0. The second kappa shape index (κ2) is 9.73. The summed E-state index contributed by atoms with van der Waals surface area (Å²) in [5.74, 6) is 0.672. The van der Waals surface area contributed by atoms with Crippen LogP contribution in [0.15, 0.2) is 64.2 Å². The van der Waals surface area contributed by atoms with Crippen molar-refractivity contribution in [3.8, 4) is 17.2 Å². The van der Waals surface area contributed by atoms with Gasteiger partial charge >= 0.3 is 5.97 Å². The maximum atomic E-state index is 11.1. The summed E-state index contributed by atoms with van der Waals surface area (Å²) >= 11 is 0. The van der Waals surface area contributed by atoms with Crippen LogP contribution in [-0.2, 0) is 22.8 Å². The standard InChI is InChI=1S/C23H24N2O5/c1-15(2)21(23(26)27)25-29-13-17-9-11-19(12-10-17)28-14-20-16(3)30-22(24-20)18-7-5-4-6-8-18/h4-12,15H,13-14H2,1-3H3,(H,26,27)/b25-21+. The molecule has 0 saturated heterocycles. The number of aromatic nitrogens is 1. The molecule has 2 aromatic carbocycles. The highest BCUT2D eigenvalue weighted by Gasteiger charge is 2.15. The van der Waals surface area contributed by atoms with Gasteiger partial charge in [0.25, 0.3) is 0 Å². The van der Waals surface area contributed by atoms with Gasteiger partial charge in [-0.3, -0.25) is 0 Å². The quantitative estimate of drug-likeness (QED) is 0.402. The number of carboxylic acid groups (broad SMARTS) is 1. The maximum Gasteiger partial charge on any atom is 0.353 e. The number of hydrogen-bond acceptors (Lipinski definition) is 6. The van der Waals surface area contributed by atoms with E-state index in [2.05, 4.69) is 10.1 Å². The zero-order chi connectivity index (χ0) is 21.5. The molecule has 30 heavy (non-hydrogen) atoms. The zero-order valence-corrected chi connectivity index (χ0v) is 17.2. The molecule has 0 unspecified atom stereocenters. The molecule has 0 fully saturated rings. The Morgan fingerprint density at radius 1 is 1.10 bits per heavy atom. The maximum absolute atomic E-state index is 11.1. The third-order valence-electron chi connectivity index (χ3n) is 4.37. The van der Waals surface area contributed by atoms with E-state index in [1.807, 2.05) is 61.5 Å². The van der Waals surface area contributed by atoms with Gasteiger partial charge in [0.1, 0.15) is 30.4 Å². The average Bonchev–Trinajstić information content (AvgIpc) is 3.11. The van der Waals surface area contributed by atoms with E-state index in [1.54, 1.807) is 13.8 Å². The molecular formula is C23H24N2O5. The highest BCUT2D eigenvalue weighted by Crippen LogP contribution is 2.22. The fourth-order valence-electron chi connectivity index (χ4n) is 2.67. The van der Waals surface area contributed by atoms with Gasteiger partial charge in [0, 0.05) is 11.5 Å². The lowest BCUT2D eigenvalue weighted by Crippen LogP contribution is -2.19. The van der Waals surface area contributed by atoms with Crippen LogP contribution in [0.2, 0.25) is 0 Å². The Morgan fingerprint density at radius 2 is 1.80 bits per heavy atom. The topological polar surface area (TPSA) is 94.2 Å². The smallest absolute Gasteiger partial charge is 0.353 e. The molecule has 3 aromatic rings. The number of benzene rings is 2. The van der Waals surface area contributed by atoms with Crippen molar-refractivity contribution in [1.29, 1.82) is 0 Å². The van der Waals surface area contributed by atoms with E-state index in [-0.39, 0.29) is 18.2 Å². The predicted octanol–water partition coefficient (Wildman–Crippen LogP) is 4.84. The van der Waals surface area contributed by atoms with Crippen molar-refractivity contribution in [2.75, 3.05) is 0 Å². The summed E-state index contributed by atoms with van der Waals surface area (Å²) < 4.78 is 11.6. The molecule has 3 rings (SSSR count). The Hall–Kier alpha value is -3.61. The molecule has 0 bridgehead atoms. The van der Waals surface area contributed by atoms with Crippen molar-refractivity contribution in [3.63, 3.8) is 0 Å². The van der Waals surface area contributed by atoms with Crippen LogP contribution in [0.3, 0.4) is 0 Å². The van der Waals surface area contributed by atoms with Crippen molar-refractivity contribution >= 4 is 11.7 Å². The van der Waals surface area contributed by atoms with Gasteiger partial charge in [0.2, 0.25) is 5.89 Å². The molecule has 1 N–H and O–H groups in total. The van der Waals surface area contributed by atoms with E-state index in [0.717, 1.165) is 22.6 Å². The molecule has 7 nitrogen and oxygen atoms in total. The molecule has 156 valence electrons. The molecule has 0 aliphatic heterocycles. The van der Waals surface area contributed by atoms with E-state index < -0.39 is 5.97 Å². The Labute approximate surface area is 175 Å². The summed E-state index contributed by atoms with van der Waals surface area (Å²) in [6.45, 7) is 5.83. The summed E-state index contributed by atoms with van der Waals surface area (Å²) in [4.78, 5) is 20.8. The fourth-order valence-corrected chi connectivity index (χ4v) is 2.67. The van der Waals surface area contributed by atoms with Crippen LogP contribution in [0, 0.1) is 12.8 Å². The Bertz CT molecular complexity index is 1010. The summed E-state index contributed by atoms with van der Waals surface area (Å²) in [5, 5.41) is 12.8. The van der Waals surface area contributed by atoms with Gasteiger partial charge in [-0.2, -0.15) is 0 Å². The molecule has 0 aliphatic carbocycles. The molecule has 7 heteroatoms.